The molecule has 0 N–H and O–H groups in total. The summed E-state index contributed by atoms with van der Waals surface area (Å²) in [5, 5.41) is 0.444. The Bertz CT molecular complexity index is 1210. The van der Waals surface area contributed by atoms with Crippen molar-refractivity contribution in [3.8, 4) is 22.6 Å². The van der Waals surface area contributed by atoms with Gasteiger partial charge in [-0.3, -0.25) is 9.59 Å². The summed E-state index contributed by atoms with van der Waals surface area (Å²) < 4.78 is 16.4. The molecule has 1 heterocycles. The van der Waals surface area contributed by atoms with Crippen molar-refractivity contribution < 1.29 is 18.7 Å². The zero-order chi connectivity index (χ0) is 20.2. The Balaban J connectivity index is 1.57. The van der Waals surface area contributed by atoms with Crippen molar-refractivity contribution in [2.75, 3.05) is 13.7 Å². The van der Waals surface area contributed by atoms with Crippen LogP contribution in [-0.2, 0) is 0 Å². The maximum Gasteiger partial charge on any atom is 0.200 e. The van der Waals surface area contributed by atoms with Crippen LogP contribution in [0.15, 0.2) is 88.3 Å². The number of ether oxygens (including phenoxy) is 2. The van der Waals surface area contributed by atoms with Gasteiger partial charge >= 0.3 is 0 Å². The standard InChI is InChI=1S/C24H18O5/c1-27-18-9-7-16(8-10-18)21-14-29-23-13-19(11-12-20(23)24(21)26)28-15-22(25)17-5-3-2-4-6-17/h2-14H,15H2,1H3. The molecule has 1 aromatic heterocycles. The van der Waals surface area contributed by atoms with E-state index in [9.17, 15) is 9.59 Å². The van der Waals surface area contributed by atoms with Crippen LogP contribution < -0.4 is 14.9 Å². The summed E-state index contributed by atoms with van der Waals surface area (Å²) >= 11 is 0. The predicted octanol–water partition coefficient (Wildman–Crippen LogP) is 4.73. The second-order valence-electron chi connectivity index (χ2n) is 6.44. The monoisotopic (exact) mass is 386 g/mol. The third-order valence-electron chi connectivity index (χ3n) is 4.61. The fraction of sp³-hybridized carbons (Fsp3) is 0.0833. The minimum absolute atomic E-state index is 0.0936. The molecule has 0 amide bonds. The van der Waals surface area contributed by atoms with Crippen molar-refractivity contribution in [1.29, 1.82) is 0 Å². The molecule has 29 heavy (non-hydrogen) atoms. The van der Waals surface area contributed by atoms with E-state index in [2.05, 4.69) is 0 Å². The SMILES string of the molecule is COc1ccc(-c2coc3cc(OCC(=O)c4ccccc4)ccc3c2=O)cc1. The van der Waals surface area contributed by atoms with E-state index in [0.29, 0.717) is 33.6 Å². The molecule has 5 nitrogen and oxygen atoms in total. The molecule has 3 aromatic carbocycles. The molecule has 0 atom stereocenters. The summed E-state index contributed by atoms with van der Waals surface area (Å²) in [6, 6.07) is 21.1. The molecule has 0 fully saturated rings. The van der Waals surface area contributed by atoms with Crippen molar-refractivity contribution in [3.05, 3.63) is 94.8 Å². The predicted molar refractivity (Wildman–Crippen MR) is 111 cm³/mol. The molecule has 0 saturated carbocycles. The fourth-order valence-corrected chi connectivity index (χ4v) is 3.02. The Kier molecular flexibility index (Phi) is 5.12. The van der Waals surface area contributed by atoms with Gasteiger partial charge in [0, 0.05) is 11.6 Å². The Labute approximate surface area is 167 Å². The van der Waals surface area contributed by atoms with E-state index in [1.165, 1.54) is 6.26 Å². The van der Waals surface area contributed by atoms with Gasteiger partial charge in [0.05, 0.1) is 18.1 Å². The van der Waals surface area contributed by atoms with E-state index in [0.717, 1.165) is 5.56 Å². The van der Waals surface area contributed by atoms with Crippen molar-refractivity contribution in [1.82, 2.24) is 0 Å². The van der Waals surface area contributed by atoms with Gasteiger partial charge in [0.2, 0.25) is 0 Å². The van der Waals surface area contributed by atoms with Crippen molar-refractivity contribution in [2.24, 2.45) is 0 Å². The molecule has 4 aromatic rings. The molecule has 0 aliphatic heterocycles. The zero-order valence-corrected chi connectivity index (χ0v) is 15.8. The minimum atomic E-state index is -0.136. The normalized spacial score (nSPS) is 10.7. The molecule has 0 saturated heterocycles. The van der Waals surface area contributed by atoms with Crippen LogP contribution in [0.1, 0.15) is 10.4 Å². The Morgan fingerprint density at radius 3 is 2.38 bits per heavy atom. The van der Waals surface area contributed by atoms with Crippen LogP contribution in [0.2, 0.25) is 0 Å². The van der Waals surface area contributed by atoms with Gasteiger partial charge in [0.1, 0.15) is 23.3 Å². The van der Waals surface area contributed by atoms with Gasteiger partial charge in [-0.05, 0) is 29.8 Å². The number of ketones is 1. The van der Waals surface area contributed by atoms with E-state index >= 15 is 0 Å². The van der Waals surface area contributed by atoms with E-state index in [4.69, 9.17) is 13.9 Å². The van der Waals surface area contributed by atoms with Crippen molar-refractivity contribution in [3.63, 3.8) is 0 Å². The van der Waals surface area contributed by atoms with Crippen LogP contribution in [0.5, 0.6) is 11.5 Å². The molecule has 0 aliphatic rings. The average Bonchev–Trinajstić information content (AvgIpc) is 2.78. The molecule has 0 unspecified atom stereocenters. The first-order valence-corrected chi connectivity index (χ1v) is 9.07. The van der Waals surface area contributed by atoms with Gasteiger partial charge in [-0.25, -0.2) is 0 Å². The van der Waals surface area contributed by atoms with E-state index < -0.39 is 0 Å². The number of hydrogen-bond donors (Lipinski definition) is 0. The van der Waals surface area contributed by atoms with Gasteiger partial charge in [0.15, 0.2) is 17.8 Å². The largest absolute Gasteiger partial charge is 0.497 e. The van der Waals surface area contributed by atoms with Crippen LogP contribution in [0.4, 0.5) is 0 Å². The van der Waals surface area contributed by atoms with Gasteiger partial charge in [0.25, 0.3) is 0 Å². The molecule has 0 radical (unpaired) electrons. The molecule has 4 rings (SSSR count). The Morgan fingerprint density at radius 1 is 0.931 bits per heavy atom. The first kappa shape index (κ1) is 18.5. The lowest BCUT2D eigenvalue weighted by Crippen LogP contribution is -2.11. The molecule has 5 heteroatoms. The van der Waals surface area contributed by atoms with Crippen LogP contribution >= 0.6 is 0 Å². The lowest BCUT2D eigenvalue weighted by Gasteiger charge is -2.08. The summed E-state index contributed by atoms with van der Waals surface area (Å²) in [4.78, 5) is 25.0. The number of methoxy groups -OCH3 is 1. The highest BCUT2D eigenvalue weighted by molar-refractivity contribution is 5.97. The van der Waals surface area contributed by atoms with Gasteiger partial charge in [-0.1, -0.05) is 42.5 Å². The maximum atomic E-state index is 12.9. The highest BCUT2D eigenvalue weighted by atomic mass is 16.5. The summed E-state index contributed by atoms with van der Waals surface area (Å²) in [5.74, 6) is 1.05. The highest BCUT2D eigenvalue weighted by Crippen LogP contribution is 2.24. The highest BCUT2D eigenvalue weighted by Gasteiger charge is 2.11. The lowest BCUT2D eigenvalue weighted by atomic mass is 10.1. The average molecular weight is 386 g/mol. The van der Waals surface area contributed by atoms with Gasteiger partial charge in [-0.15, -0.1) is 0 Å². The fourth-order valence-electron chi connectivity index (χ4n) is 3.02. The number of Topliss-reactive ketones (excluding diaryl/α,β-unsaturated/α-hetero) is 1. The zero-order valence-electron chi connectivity index (χ0n) is 15.8. The molecular weight excluding hydrogens is 368 g/mol. The van der Waals surface area contributed by atoms with Crippen molar-refractivity contribution in [2.45, 2.75) is 0 Å². The second kappa shape index (κ2) is 8.02. The maximum absolute atomic E-state index is 12.9. The van der Waals surface area contributed by atoms with Crippen LogP contribution in [-0.4, -0.2) is 19.5 Å². The van der Waals surface area contributed by atoms with Gasteiger partial charge < -0.3 is 13.9 Å². The second-order valence-corrected chi connectivity index (χ2v) is 6.44. The van der Waals surface area contributed by atoms with Crippen LogP contribution in [0, 0.1) is 0 Å². The third kappa shape index (κ3) is 3.89. The number of benzene rings is 3. The van der Waals surface area contributed by atoms with Crippen LogP contribution in [0.25, 0.3) is 22.1 Å². The summed E-state index contributed by atoms with van der Waals surface area (Å²) in [5.41, 5.74) is 2.06. The number of rotatable bonds is 6. The lowest BCUT2D eigenvalue weighted by molar-refractivity contribution is 0.0921. The van der Waals surface area contributed by atoms with Gasteiger partial charge in [-0.2, -0.15) is 0 Å². The number of fused-ring (bicyclic) bond motifs is 1. The number of hydrogen-bond acceptors (Lipinski definition) is 5. The topological polar surface area (TPSA) is 65.7 Å². The van der Waals surface area contributed by atoms with Crippen LogP contribution in [0.3, 0.4) is 0 Å². The smallest absolute Gasteiger partial charge is 0.200 e. The number of carbonyl (C=O) groups excluding carboxylic acids is 1. The van der Waals surface area contributed by atoms with E-state index in [-0.39, 0.29) is 17.8 Å². The number of carbonyl (C=O) groups is 1. The molecular formula is C24H18O5. The van der Waals surface area contributed by atoms with E-state index in [1.807, 2.05) is 18.2 Å². The molecule has 144 valence electrons. The quantitative estimate of drug-likeness (QED) is 0.448. The molecule has 0 spiro atoms. The third-order valence-corrected chi connectivity index (χ3v) is 4.61. The minimum Gasteiger partial charge on any atom is -0.497 e. The molecule has 0 bridgehead atoms. The Morgan fingerprint density at radius 2 is 1.66 bits per heavy atom. The summed E-state index contributed by atoms with van der Waals surface area (Å²) in [6.45, 7) is -0.0936. The first-order valence-electron chi connectivity index (χ1n) is 9.07. The summed E-state index contributed by atoms with van der Waals surface area (Å²) in [7, 11) is 1.59. The van der Waals surface area contributed by atoms with Crippen molar-refractivity contribution >= 4 is 16.8 Å². The van der Waals surface area contributed by atoms with E-state index in [1.54, 1.807) is 61.7 Å². The summed E-state index contributed by atoms with van der Waals surface area (Å²) in [6.07, 6.45) is 1.44. The first-order chi connectivity index (χ1) is 14.2. The molecule has 0 aliphatic carbocycles. The Hall–Kier alpha value is -3.86.